The second kappa shape index (κ2) is 7.99. The third-order valence-electron chi connectivity index (χ3n) is 4.93. The second-order valence-electron chi connectivity index (χ2n) is 6.53. The number of nitrogens with zero attached hydrogens (tertiary/aromatic N) is 3. The Labute approximate surface area is 164 Å². The zero-order chi connectivity index (χ0) is 18.8. The van der Waals surface area contributed by atoms with Crippen molar-refractivity contribution in [2.75, 3.05) is 39.3 Å². The number of carbonyl (C=O) groups is 2. The molecule has 2 amide bonds. The maximum Gasteiger partial charge on any atom is 0.277 e. The van der Waals surface area contributed by atoms with Crippen molar-refractivity contribution in [3.8, 4) is 0 Å². The Bertz CT molecular complexity index is 755. The van der Waals surface area contributed by atoms with Gasteiger partial charge in [-0.15, -0.1) is 0 Å². The zero-order valence-electron chi connectivity index (χ0n) is 15.1. The first kappa shape index (κ1) is 19.2. The normalized spacial score (nSPS) is 19.1. The molecule has 1 saturated heterocycles. The fourth-order valence-corrected chi connectivity index (χ4v) is 4.01. The average molecular weight is 396 g/mol. The van der Waals surface area contributed by atoms with E-state index < -0.39 is 0 Å². The van der Waals surface area contributed by atoms with Crippen molar-refractivity contribution in [2.45, 2.75) is 20.3 Å². The van der Waals surface area contributed by atoms with E-state index in [2.05, 4.69) is 11.8 Å². The Hall–Kier alpha value is -1.56. The summed E-state index contributed by atoms with van der Waals surface area (Å²) in [6.07, 6.45) is 0.718. The zero-order valence-corrected chi connectivity index (χ0v) is 16.6. The van der Waals surface area contributed by atoms with Crippen molar-refractivity contribution in [3.63, 3.8) is 0 Å². The van der Waals surface area contributed by atoms with E-state index in [1.54, 1.807) is 18.2 Å². The molecular formula is C19H23Cl2N3O2. The van der Waals surface area contributed by atoms with Gasteiger partial charge >= 0.3 is 0 Å². The SMILES string of the molecule is CCCN1C(=O)C(c2ccc(Cl)cc2Cl)=C(N2CCN(CC)CC2)C1=O. The molecule has 0 atom stereocenters. The highest BCUT2D eigenvalue weighted by Gasteiger charge is 2.42. The fourth-order valence-electron chi connectivity index (χ4n) is 3.51. The van der Waals surface area contributed by atoms with Crippen molar-refractivity contribution in [3.05, 3.63) is 39.5 Å². The first-order valence-corrected chi connectivity index (χ1v) is 9.76. The Kier molecular flexibility index (Phi) is 5.90. The number of rotatable bonds is 5. The van der Waals surface area contributed by atoms with E-state index in [0.29, 0.717) is 33.4 Å². The van der Waals surface area contributed by atoms with Crippen molar-refractivity contribution < 1.29 is 9.59 Å². The molecule has 1 aromatic carbocycles. The smallest absolute Gasteiger partial charge is 0.277 e. The number of piperazine rings is 1. The number of imide groups is 1. The van der Waals surface area contributed by atoms with Gasteiger partial charge in [-0.1, -0.05) is 43.1 Å². The van der Waals surface area contributed by atoms with Crippen LogP contribution in [0.5, 0.6) is 0 Å². The van der Waals surface area contributed by atoms with Gasteiger partial charge in [-0.2, -0.15) is 0 Å². The van der Waals surface area contributed by atoms with Crippen LogP contribution in [0.4, 0.5) is 0 Å². The predicted octanol–water partition coefficient (Wildman–Crippen LogP) is 3.12. The minimum Gasteiger partial charge on any atom is -0.364 e. The van der Waals surface area contributed by atoms with E-state index in [1.165, 1.54) is 4.90 Å². The maximum absolute atomic E-state index is 13.0. The third-order valence-corrected chi connectivity index (χ3v) is 5.47. The Morgan fingerprint density at radius 3 is 2.27 bits per heavy atom. The number of likely N-dealkylation sites (N-methyl/N-ethyl adjacent to an activating group) is 1. The number of hydrogen-bond acceptors (Lipinski definition) is 4. The molecule has 0 unspecified atom stereocenters. The summed E-state index contributed by atoms with van der Waals surface area (Å²) in [5.41, 5.74) is 1.44. The monoisotopic (exact) mass is 395 g/mol. The van der Waals surface area contributed by atoms with Crippen LogP contribution in [-0.4, -0.2) is 65.8 Å². The molecule has 2 aliphatic heterocycles. The predicted molar refractivity (Wildman–Crippen MR) is 104 cm³/mol. The lowest BCUT2D eigenvalue weighted by Gasteiger charge is -2.36. The summed E-state index contributed by atoms with van der Waals surface area (Å²) in [6.45, 7) is 8.65. The highest BCUT2D eigenvalue weighted by Crippen LogP contribution is 2.36. The van der Waals surface area contributed by atoms with Crippen LogP contribution in [0.25, 0.3) is 5.57 Å². The quantitative estimate of drug-likeness (QED) is 0.718. The summed E-state index contributed by atoms with van der Waals surface area (Å²) in [7, 11) is 0. The lowest BCUT2D eigenvalue weighted by Crippen LogP contribution is -2.47. The Morgan fingerprint density at radius 2 is 1.69 bits per heavy atom. The standard InChI is InChI=1S/C19H23Cl2N3O2/c1-3-7-24-18(25)16(14-6-5-13(20)12-15(14)21)17(19(24)26)23-10-8-22(4-2)9-11-23/h5-6,12H,3-4,7-11H2,1-2H3. The maximum atomic E-state index is 13.0. The van der Waals surface area contributed by atoms with Gasteiger partial charge in [0.15, 0.2) is 0 Å². The molecule has 0 radical (unpaired) electrons. The van der Waals surface area contributed by atoms with Crippen LogP contribution in [0.3, 0.4) is 0 Å². The van der Waals surface area contributed by atoms with Gasteiger partial charge in [-0.3, -0.25) is 14.5 Å². The molecule has 3 rings (SSSR count). The van der Waals surface area contributed by atoms with Gasteiger partial charge in [0.2, 0.25) is 0 Å². The van der Waals surface area contributed by atoms with E-state index in [9.17, 15) is 9.59 Å². The Balaban J connectivity index is 2.05. The van der Waals surface area contributed by atoms with Crippen LogP contribution in [-0.2, 0) is 9.59 Å². The van der Waals surface area contributed by atoms with Gasteiger partial charge in [-0.05, 0) is 25.1 Å². The third kappa shape index (κ3) is 3.48. The molecule has 5 nitrogen and oxygen atoms in total. The van der Waals surface area contributed by atoms with Crippen LogP contribution >= 0.6 is 23.2 Å². The van der Waals surface area contributed by atoms with Crippen LogP contribution in [0, 0.1) is 0 Å². The van der Waals surface area contributed by atoms with E-state index in [-0.39, 0.29) is 11.8 Å². The number of hydrogen-bond donors (Lipinski definition) is 0. The summed E-state index contributed by atoms with van der Waals surface area (Å²) in [4.78, 5) is 31.8. The molecule has 0 bridgehead atoms. The molecule has 1 aromatic rings. The fraction of sp³-hybridized carbons (Fsp3) is 0.474. The van der Waals surface area contributed by atoms with Gasteiger partial charge in [0.05, 0.1) is 10.6 Å². The van der Waals surface area contributed by atoms with E-state index in [0.717, 1.165) is 39.1 Å². The highest BCUT2D eigenvalue weighted by atomic mass is 35.5. The van der Waals surface area contributed by atoms with Crippen LogP contribution in [0.1, 0.15) is 25.8 Å². The van der Waals surface area contributed by atoms with Crippen molar-refractivity contribution in [1.29, 1.82) is 0 Å². The number of halogens is 2. The minimum atomic E-state index is -0.269. The molecular weight excluding hydrogens is 373 g/mol. The first-order chi connectivity index (χ1) is 12.5. The van der Waals surface area contributed by atoms with Gasteiger partial charge < -0.3 is 9.80 Å². The molecule has 0 N–H and O–H groups in total. The van der Waals surface area contributed by atoms with E-state index in [1.807, 2.05) is 11.8 Å². The molecule has 2 heterocycles. The van der Waals surface area contributed by atoms with Gasteiger partial charge in [0, 0.05) is 43.3 Å². The molecule has 1 fully saturated rings. The summed E-state index contributed by atoms with van der Waals surface area (Å²) < 4.78 is 0. The summed E-state index contributed by atoms with van der Waals surface area (Å²) in [5.74, 6) is -0.489. The van der Waals surface area contributed by atoms with Crippen LogP contribution in [0.15, 0.2) is 23.9 Å². The average Bonchev–Trinajstić information content (AvgIpc) is 2.87. The van der Waals surface area contributed by atoms with E-state index >= 15 is 0 Å². The van der Waals surface area contributed by atoms with Crippen LogP contribution < -0.4 is 0 Å². The molecule has 0 aliphatic carbocycles. The second-order valence-corrected chi connectivity index (χ2v) is 7.37. The van der Waals surface area contributed by atoms with Gasteiger partial charge in [0.1, 0.15) is 5.70 Å². The highest BCUT2D eigenvalue weighted by molar-refractivity contribution is 6.41. The van der Waals surface area contributed by atoms with Gasteiger partial charge in [-0.25, -0.2) is 0 Å². The van der Waals surface area contributed by atoms with Crippen molar-refractivity contribution in [1.82, 2.24) is 14.7 Å². The van der Waals surface area contributed by atoms with E-state index in [4.69, 9.17) is 23.2 Å². The number of amides is 2. The summed E-state index contributed by atoms with van der Waals surface area (Å²) >= 11 is 12.4. The molecule has 0 spiro atoms. The summed E-state index contributed by atoms with van der Waals surface area (Å²) in [6, 6.07) is 5.03. The summed E-state index contributed by atoms with van der Waals surface area (Å²) in [5, 5.41) is 0.885. The van der Waals surface area contributed by atoms with Crippen molar-refractivity contribution in [2.24, 2.45) is 0 Å². The molecule has 140 valence electrons. The lowest BCUT2D eigenvalue weighted by atomic mass is 10.0. The minimum absolute atomic E-state index is 0.220. The molecule has 7 heteroatoms. The first-order valence-electron chi connectivity index (χ1n) is 9.01. The van der Waals surface area contributed by atoms with Crippen molar-refractivity contribution >= 4 is 40.6 Å². The topological polar surface area (TPSA) is 43.9 Å². The molecule has 26 heavy (non-hydrogen) atoms. The molecule has 2 aliphatic rings. The number of benzene rings is 1. The molecule has 0 saturated carbocycles. The Morgan fingerprint density at radius 1 is 1.00 bits per heavy atom. The molecule has 0 aromatic heterocycles. The largest absolute Gasteiger partial charge is 0.364 e. The lowest BCUT2D eigenvalue weighted by molar-refractivity contribution is -0.137. The number of carbonyl (C=O) groups excluding carboxylic acids is 2. The van der Waals surface area contributed by atoms with Crippen LogP contribution in [0.2, 0.25) is 10.0 Å². The van der Waals surface area contributed by atoms with Gasteiger partial charge in [0.25, 0.3) is 11.8 Å².